The summed E-state index contributed by atoms with van der Waals surface area (Å²) in [6, 6.07) is 3.96. The molecule has 1 fully saturated rings. The number of halogens is 3. The zero-order valence-electron chi connectivity index (χ0n) is 12.2. The van der Waals surface area contributed by atoms with Gasteiger partial charge < -0.3 is 15.2 Å². The van der Waals surface area contributed by atoms with Gasteiger partial charge in [0.2, 0.25) is 0 Å². The van der Waals surface area contributed by atoms with Crippen LogP contribution < -0.4 is 10.1 Å². The van der Waals surface area contributed by atoms with Crippen LogP contribution in [0.15, 0.2) is 18.2 Å². The molecule has 0 radical (unpaired) electrons. The van der Waals surface area contributed by atoms with E-state index in [9.17, 15) is 23.1 Å². The molecule has 7 heteroatoms. The molecule has 2 N–H and O–H groups in total. The van der Waals surface area contributed by atoms with Crippen LogP contribution in [0.2, 0.25) is 0 Å². The maximum atomic E-state index is 13.8. The predicted molar refractivity (Wildman–Crippen MR) is 73.2 cm³/mol. The number of aliphatic hydroxyl groups is 1. The highest BCUT2D eigenvalue weighted by Crippen LogP contribution is 2.44. The highest BCUT2D eigenvalue weighted by atomic mass is 19.3. The Morgan fingerprint density at radius 2 is 2.14 bits per heavy atom. The van der Waals surface area contributed by atoms with E-state index in [1.54, 1.807) is 6.92 Å². The van der Waals surface area contributed by atoms with E-state index >= 15 is 0 Å². The van der Waals surface area contributed by atoms with Gasteiger partial charge >= 0.3 is 5.92 Å². The molecule has 1 aliphatic rings. The molecule has 4 nitrogen and oxygen atoms in total. The molecule has 1 aromatic rings. The zero-order chi connectivity index (χ0) is 16.4. The number of carbonyl (C=O) groups excluding carboxylic acids is 1. The quantitative estimate of drug-likeness (QED) is 0.847. The highest BCUT2D eigenvalue weighted by Gasteiger charge is 2.61. The van der Waals surface area contributed by atoms with Crippen LogP contribution in [0.4, 0.5) is 13.2 Å². The summed E-state index contributed by atoms with van der Waals surface area (Å²) in [5.74, 6) is -5.97. The number of carbonyl (C=O) groups is 1. The normalized spacial score (nSPS) is 16.8. The highest BCUT2D eigenvalue weighted by molar-refractivity contribution is 5.85. The summed E-state index contributed by atoms with van der Waals surface area (Å²) in [5.41, 5.74) is -1.94. The number of amides is 1. The third-order valence-electron chi connectivity index (χ3n) is 3.80. The van der Waals surface area contributed by atoms with E-state index in [1.165, 1.54) is 12.1 Å². The van der Waals surface area contributed by atoms with Gasteiger partial charge in [-0.05, 0) is 43.9 Å². The first-order valence-corrected chi connectivity index (χ1v) is 7.10. The molecule has 1 aromatic carbocycles. The van der Waals surface area contributed by atoms with Gasteiger partial charge in [-0.2, -0.15) is 8.78 Å². The minimum atomic E-state index is -3.85. The lowest BCUT2D eigenvalue weighted by atomic mass is 9.75. The number of hydrogen-bond acceptors (Lipinski definition) is 3. The molecule has 1 saturated carbocycles. The summed E-state index contributed by atoms with van der Waals surface area (Å²) in [4.78, 5) is 11.6. The van der Waals surface area contributed by atoms with Gasteiger partial charge in [0.1, 0.15) is 5.60 Å². The van der Waals surface area contributed by atoms with E-state index in [0.29, 0.717) is 18.6 Å². The van der Waals surface area contributed by atoms with Crippen LogP contribution in [0.1, 0.15) is 31.7 Å². The second-order valence-electron chi connectivity index (χ2n) is 5.34. The lowest BCUT2D eigenvalue weighted by Crippen LogP contribution is -2.60. The minimum Gasteiger partial charge on any atom is -0.491 e. The van der Waals surface area contributed by atoms with Crippen LogP contribution in [0, 0.1) is 5.82 Å². The summed E-state index contributed by atoms with van der Waals surface area (Å²) < 4.78 is 46.3. The van der Waals surface area contributed by atoms with Crippen molar-refractivity contribution in [1.29, 1.82) is 0 Å². The smallest absolute Gasteiger partial charge is 0.352 e. The molecule has 0 unspecified atom stereocenters. The Hall–Kier alpha value is -1.76. The van der Waals surface area contributed by atoms with Gasteiger partial charge in [-0.15, -0.1) is 0 Å². The lowest BCUT2D eigenvalue weighted by Gasteiger charge is -2.41. The van der Waals surface area contributed by atoms with E-state index in [4.69, 9.17) is 4.74 Å². The van der Waals surface area contributed by atoms with Crippen molar-refractivity contribution in [3.8, 4) is 5.75 Å². The third-order valence-corrected chi connectivity index (χ3v) is 3.80. The van der Waals surface area contributed by atoms with Crippen LogP contribution in [0.25, 0.3) is 0 Å². The maximum Gasteiger partial charge on any atom is 0.352 e. The van der Waals surface area contributed by atoms with Crippen LogP contribution in [0.3, 0.4) is 0 Å². The van der Waals surface area contributed by atoms with E-state index in [1.807, 2.05) is 5.32 Å². The summed E-state index contributed by atoms with van der Waals surface area (Å²) in [5, 5.41) is 11.7. The van der Waals surface area contributed by atoms with Crippen LogP contribution in [-0.2, 0) is 11.3 Å². The number of nitrogens with one attached hydrogen (secondary N) is 1. The summed E-state index contributed by atoms with van der Waals surface area (Å²) in [6.07, 6.45) is 0.250. The Balaban J connectivity index is 1.98. The van der Waals surface area contributed by atoms with E-state index in [0.717, 1.165) is 6.07 Å². The Kier molecular flexibility index (Phi) is 4.65. The van der Waals surface area contributed by atoms with E-state index in [-0.39, 0.29) is 25.1 Å². The van der Waals surface area contributed by atoms with Crippen LogP contribution in [0.5, 0.6) is 5.75 Å². The molecule has 122 valence electrons. The number of alkyl halides is 2. The van der Waals surface area contributed by atoms with Crippen molar-refractivity contribution in [2.24, 2.45) is 0 Å². The SMILES string of the molecule is CCOc1ccc(CNC(=O)C(F)(F)C2(O)CCC2)cc1F. The molecule has 2 rings (SSSR count). The van der Waals surface area contributed by atoms with Crippen molar-refractivity contribution in [3.05, 3.63) is 29.6 Å². The molecule has 0 aromatic heterocycles. The fourth-order valence-electron chi connectivity index (χ4n) is 2.26. The fourth-order valence-corrected chi connectivity index (χ4v) is 2.26. The van der Waals surface area contributed by atoms with Gasteiger partial charge in [-0.1, -0.05) is 6.07 Å². The molecule has 0 bridgehead atoms. The molecule has 0 aliphatic heterocycles. The van der Waals surface area contributed by atoms with Crippen LogP contribution >= 0.6 is 0 Å². The minimum absolute atomic E-state index is 0.0617. The van der Waals surface area contributed by atoms with Crippen molar-refractivity contribution < 1.29 is 27.8 Å². The third kappa shape index (κ3) is 3.04. The Morgan fingerprint density at radius 3 is 2.64 bits per heavy atom. The molecule has 0 heterocycles. The molecule has 0 spiro atoms. The first-order chi connectivity index (χ1) is 10.3. The Labute approximate surface area is 126 Å². The van der Waals surface area contributed by atoms with Gasteiger partial charge in [0.05, 0.1) is 6.61 Å². The van der Waals surface area contributed by atoms with Crippen molar-refractivity contribution in [3.63, 3.8) is 0 Å². The van der Waals surface area contributed by atoms with Gasteiger partial charge in [-0.25, -0.2) is 4.39 Å². The molecule has 22 heavy (non-hydrogen) atoms. The topological polar surface area (TPSA) is 58.6 Å². The Morgan fingerprint density at radius 1 is 1.45 bits per heavy atom. The van der Waals surface area contributed by atoms with Crippen molar-refractivity contribution in [2.75, 3.05) is 6.61 Å². The molecule has 1 amide bonds. The molecular weight excluding hydrogens is 299 g/mol. The van der Waals surface area contributed by atoms with Gasteiger partial charge in [0.25, 0.3) is 5.91 Å². The van der Waals surface area contributed by atoms with Crippen molar-refractivity contribution >= 4 is 5.91 Å². The summed E-state index contributed by atoms with van der Waals surface area (Å²) in [7, 11) is 0. The average Bonchev–Trinajstić information content (AvgIpc) is 2.44. The van der Waals surface area contributed by atoms with E-state index < -0.39 is 23.2 Å². The zero-order valence-corrected chi connectivity index (χ0v) is 12.2. The summed E-state index contributed by atoms with van der Waals surface area (Å²) >= 11 is 0. The average molecular weight is 317 g/mol. The first kappa shape index (κ1) is 16.6. The Bertz CT molecular complexity index is 559. The second-order valence-corrected chi connectivity index (χ2v) is 5.34. The standard InChI is InChI=1S/C15H18F3NO3/c1-2-22-12-5-4-10(8-11(12)16)9-19-13(20)15(17,18)14(21)6-3-7-14/h4-5,8,21H,2-3,6-7,9H2,1H3,(H,19,20). The van der Waals surface area contributed by atoms with Crippen molar-refractivity contribution in [1.82, 2.24) is 5.32 Å². The van der Waals surface area contributed by atoms with Gasteiger partial charge in [0.15, 0.2) is 11.6 Å². The van der Waals surface area contributed by atoms with Gasteiger partial charge in [0, 0.05) is 6.54 Å². The number of benzene rings is 1. The number of rotatable bonds is 6. The predicted octanol–water partition coefficient (Wildman–Crippen LogP) is 2.39. The summed E-state index contributed by atoms with van der Waals surface area (Å²) in [6.45, 7) is 1.76. The largest absolute Gasteiger partial charge is 0.491 e. The second kappa shape index (κ2) is 6.16. The number of hydrogen-bond donors (Lipinski definition) is 2. The first-order valence-electron chi connectivity index (χ1n) is 7.10. The molecule has 0 atom stereocenters. The van der Waals surface area contributed by atoms with Crippen LogP contribution in [-0.4, -0.2) is 29.1 Å². The van der Waals surface area contributed by atoms with E-state index in [2.05, 4.69) is 0 Å². The molecule has 1 aliphatic carbocycles. The molecular formula is C15H18F3NO3. The monoisotopic (exact) mass is 317 g/mol. The van der Waals surface area contributed by atoms with Crippen molar-refractivity contribution in [2.45, 2.75) is 44.3 Å². The van der Waals surface area contributed by atoms with Gasteiger partial charge in [-0.3, -0.25) is 4.79 Å². The lowest BCUT2D eigenvalue weighted by molar-refractivity contribution is -0.216. The fraction of sp³-hybridized carbons (Fsp3) is 0.533. The maximum absolute atomic E-state index is 13.8. The molecule has 0 saturated heterocycles. The number of ether oxygens (including phenoxy) is 1.